The number of aromatic nitrogens is 1. The van der Waals surface area contributed by atoms with Crippen molar-refractivity contribution >= 4 is 21.6 Å². The number of amides is 1. The van der Waals surface area contributed by atoms with Crippen molar-refractivity contribution in [3.8, 4) is 0 Å². The molecule has 2 heterocycles. The van der Waals surface area contributed by atoms with Crippen LogP contribution in [0.2, 0.25) is 0 Å². The first-order valence-corrected chi connectivity index (χ1v) is 10.4. The Hall–Kier alpha value is -2.12. The molecule has 1 aromatic carbocycles. The Labute approximate surface area is 154 Å². The molecule has 0 atom stereocenters. The second-order valence-electron chi connectivity index (χ2n) is 6.76. The minimum atomic E-state index is -3.56. The maximum atomic E-state index is 13.1. The molecule has 6 nitrogen and oxygen atoms in total. The first kappa shape index (κ1) is 18.7. The number of nitrogens with one attached hydrogen (secondary N) is 1. The predicted octanol–water partition coefficient (Wildman–Crippen LogP) is 3.15. The molecule has 0 saturated carbocycles. The minimum absolute atomic E-state index is 0.264. The lowest BCUT2D eigenvalue weighted by Crippen LogP contribution is -2.32. The van der Waals surface area contributed by atoms with Gasteiger partial charge in [-0.3, -0.25) is 4.79 Å². The lowest BCUT2D eigenvalue weighted by Gasteiger charge is -2.21. The number of hydrogen-bond donors (Lipinski definition) is 1. The summed E-state index contributed by atoms with van der Waals surface area (Å²) < 4.78 is 29.5. The van der Waals surface area contributed by atoms with Gasteiger partial charge in [-0.25, -0.2) is 8.42 Å². The van der Waals surface area contributed by atoms with Gasteiger partial charge in [-0.2, -0.15) is 4.31 Å². The monoisotopic (exact) mass is 375 g/mol. The van der Waals surface area contributed by atoms with Crippen LogP contribution in [-0.4, -0.2) is 36.3 Å². The Morgan fingerprint density at radius 3 is 2.38 bits per heavy atom. The van der Waals surface area contributed by atoms with Crippen molar-refractivity contribution in [2.45, 2.75) is 37.5 Å². The van der Waals surface area contributed by atoms with E-state index in [-0.39, 0.29) is 10.8 Å². The largest absolute Gasteiger partial charge is 0.347 e. The zero-order valence-electron chi connectivity index (χ0n) is 15.2. The van der Waals surface area contributed by atoms with Crippen molar-refractivity contribution < 1.29 is 13.2 Å². The molecular formula is C19H25N3O3S. The Balaban J connectivity index is 1.87. The van der Waals surface area contributed by atoms with Crippen LogP contribution in [0.3, 0.4) is 0 Å². The molecule has 0 unspecified atom stereocenters. The van der Waals surface area contributed by atoms with Gasteiger partial charge in [0.25, 0.3) is 5.91 Å². The fourth-order valence-corrected chi connectivity index (χ4v) is 5.04. The summed E-state index contributed by atoms with van der Waals surface area (Å²) in [6.45, 7) is 2.90. The van der Waals surface area contributed by atoms with Crippen LogP contribution in [0.5, 0.6) is 0 Å². The average molecular weight is 375 g/mol. The second kappa shape index (κ2) is 7.63. The Morgan fingerprint density at radius 1 is 1.08 bits per heavy atom. The van der Waals surface area contributed by atoms with E-state index in [4.69, 9.17) is 0 Å². The summed E-state index contributed by atoms with van der Waals surface area (Å²) in [6.07, 6.45) is 5.71. The zero-order chi connectivity index (χ0) is 18.7. The molecule has 1 aliphatic heterocycles. The number of benzene rings is 1. The Morgan fingerprint density at radius 2 is 1.77 bits per heavy atom. The number of carbonyl (C=O) groups is 1. The quantitative estimate of drug-likeness (QED) is 0.892. The van der Waals surface area contributed by atoms with Gasteiger partial charge in [0.1, 0.15) is 5.69 Å². The van der Waals surface area contributed by atoms with Gasteiger partial charge in [0.2, 0.25) is 10.0 Å². The van der Waals surface area contributed by atoms with Gasteiger partial charge in [0.15, 0.2) is 0 Å². The normalized spacial score (nSPS) is 16.2. The SMILES string of the molecule is Cc1ccc(NC(=O)c2cccn2C)cc1S(=O)(=O)N1CCCCCC1. The second-order valence-corrected chi connectivity index (χ2v) is 8.66. The van der Waals surface area contributed by atoms with Crippen molar-refractivity contribution in [2.75, 3.05) is 18.4 Å². The maximum Gasteiger partial charge on any atom is 0.272 e. The standard InChI is InChI=1S/C19H25N3O3S/c1-15-9-10-16(20-19(23)17-8-7-11-21(17)2)14-18(15)26(24,25)22-12-5-3-4-6-13-22/h7-11,14H,3-6,12-13H2,1-2H3,(H,20,23). The predicted molar refractivity (Wildman–Crippen MR) is 102 cm³/mol. The number of rotatable bonds is 4. The number of anilines is 1. The highest BCUT2D eigenvalue weighted by molar-refractivity contribution is 7.89. The van der Waals surface area contributed by atoms with Crippen LogP contribution in [0.15, 0.2) is 41.4 Å². The highest BCUT2D eigenvalue weighted by Crippen LogP contribution is 2.26. The fraction of sp³-hybridized carbons (Fsp3) is 0.421. The molecule has 0 aliphatic carbocycles. The van der Waals surface area contributed by atoms with Gasteiger partial charge >= 0.3 is 0 Å². The summed E-state index contributed by atoms with van der Waals surface area (Å²) in [4.78, 5) is 12.7. The third-order valence-electron chi connectivity index (χ3n) is 4.81. The van der Waals surface area contributed by atoms with Gasteiger partial charge in [-0.1, -0.05) is 18.9 Å². The summed E-state index contributed by atoms with van der Waals surface area (Å²) in [6, 6.07) is 8.55. The van der Waals surface area contributed by atoms with E-state index in [0.29, 0.717) is 30.0 Å². The van der Waals surface area contributed by atoms with Crippen LogP contribution in [0.1, 0.15) is 41.7 Å². The smallest absolute Gasteiger partial charge is 0.272 e. The summed E-state index contributed by atoms with van der Waals surface area (Å²) in [5, 5.41) is 2.80. The van der Waals surface area contributed by atoms with E-state index >= 15 is 0 Å². The first-order valence-electron chi connectivity index (χ1n) is 8.93. The molecular weight excluding hydrogens is 350 g/mol. The molecule has 1 saturated heterocycles. The third kappa shape index (κ3) is 3.83. The van der Waals surface area contributed by atoms with Crippen LogP contribution < -0.4 is 5.32 Å². The fourth-order valence-electron chi connectivity index (χ4n) is 3.27. The van der Waals surface area contributed by atoms with Gasteiger partial charge in [0, 0.05) is 32.0 Å². The Kier molecular flexibility index (Phi) is 5.48. The minimum Gasteiger partial charge on any atom is -0.347 e. The molecule has 1 N–H and O–H groups in total. The molecule has 1 aromatic heterocycles. The van der Waals surface area contributed by atoms with E-state index in [0.717, 1.165) is 25.7 Å². The van der Waals surface area contributed by atoms with Gasteiger partial charge in [-0.05, 0) is 49.6 Å². The number of carbonyl (C=O) groups excluding carboxylic acids is 1. The molecule has 0 bridgehead atoms. The van der Waals surface area contributed by atoms with Crippen molar-refractivity contribution in [1.82, 2.24) is 8.87 Å². The topological polar surface area (TPSA) is 71.4 Å². The molecule has 1 fully saturated rings. The molecule has 0 spiro atoms. The summed E-state index contributed by atoms with van der Waals surface area (Å²) in [5.41, 5.74) is 1.68. The van der Waals surface area contributed by atoms with E-state index in [1.807, 2.05) is 0 Å². The highest BCUT2D eigenvalue weighted by atomic mass is 32.2. The third-order valence-corrected chi connectivity index (χ3v) is 6.85. The van der Waals surface area contributed by atoms with Crippen LogP contribution >= 0.6 is 0 Å². The number of hydrogen-bond acceptors (Lipinski definition) is 3. The molecule has 1 aliphatic rings. The van der Waals surface area contributed by atoms with Gasteiger partial charge in [-0.15, -0.1) is 0 Å². The maximum absolute atomic E-state index is 13.1. The van der Waals surface area contributed by atoms with Gasteiger partial charge in [0.05, 0.1) is 4.90 Å². The van der Waals surface area contributed by atoms with E-state index in [1.54, 1.807) is 59.4 Å². The van der Waals surface area contributed by atoms with Crippen LogP contribution in [0, 0.1) is 6.92 Å². The van der Waals surface area contributed by atoms with Crippen molar-refractivity contribution in [2.24, 2.45) is 7.05 Å². The summed E-state index contributed by atoms with van der Waals surface area (Å²) in [5.74, 6) is -0.264. The van der Waals surface area contributed by atoms with E-state index < -0.39 is 10.0 Å². The highest BCUT2D eigenvalue weighted by Gasteiger charge is 2.27. The molecule has 26 heavy (non-hydrogen) atoms. The van der Waals surface area contributed by atoms with Crippen molar-refractivity contribution in [3.05, 3.63) is 47.8 Å². The van der Waals surface area contributed by atoms with Crippen LogP contribution in [0.4, 0.5) is 5.69 Å². The lowest BCUT2D eigenvalue weighted by atomic mass is 10.2. The molecule has 3 rings (SSSR count). The number of sulfonamides is 1. The van der Waals surface area contributed by atoms with Crippen LogP contribution in [0.25, 0.3) is 0 Å². The zero-order valence-corrected chi connectivity index (χ0v) is 16.1. The number of aryl methyl sites for hydroxylation is 2. The molecule has 7 heteroatoms. The van der Waals surface area contributed by atoms with Crippen molar-refractivity contribution in [1.29, 1.82) is 0 Å². The molecule has 0 radical (unpaired) electrons. The summed E-state index contributed by atoms with van der Waals surface area (Å²) >= 11 is 0. The summed E-state index contributed by atoms with van der Waals surface area (Å²) in [7, 11) is -1.77. The van der Waals surface area contributed by atoms with Gasteiger partial charge < -0.3 is 9.88 Å². The first-order chi connectivity index (χ1) is 12.4. The average Bonchev–Trinajstić information content (AvgIpc) is 2.85. The van der Waals surface area contributed by atoms with Crippen molar-refractivity contribution in [3.63, 3.8) is 0 Å². The van der Waals surface area contributed by atoms with E-state index in [1.165, 1.54) is 0 Å². The van der Waals surface area contributed by atoms with E-state index in [9.17, 15) is 13.2 Å². The van der Waals surface area contributed by atoms with E-state index in [2.05, 4.69) is 5.32 Å². The molecule has 2 aromatic rings. The Bertz CT molecular complexity index is 895. The van der Waals surface area contributed by atoms with Crippen LogP contribution in [-0.2, 0) is 17.1 Å². The molecule has 1 amide bonds. The molecule has 140 valence electrons. The number of nitrogens with zero attached hydrogens (tertiary/aromatic N) is 2. The lowest BCUT2D eigenvalue weighted by molar-refractivity contribution is 0.101.